The first kappa shape index (κ1) is 9.53. The van der Waals surface area contributed by atoms with E-state index >= 15 is 0 Å². The summed E-state index contributed by atoms with van der Waals surface area (Å²) in [5.41, 5.74) is 5.27. The molecule has 72 valence electrons. The molecule has 1 atom stereocenters. The third-order valence-electron chi connectivity index (χ3n) is 1.48. The van der Waals surface area contributed by atoms with Crippen molar-refractivity contribution in [2.75, 3.05) is 7.11 Å². The summed E-state index contributed by atoms with van der Waals surface area (Å²) < 4.78 is 9.50. The number of nitrogens with zero attached hydrogens (tertiary/aromatic N) is 1. The van der Waals surface area contributed by atoms with E-state index in [1.807, 2.05) is 0 Å². The van der Waals surface area contributed by atoms with Gasteiger partial charge in [0, 0.05) is 12.5 Å². The molecule has 6 heteroatoms. The lowest BCUT2D eigenvalue weighted by atomic mass is 10.2. The molecule has 0 aliphatic rings. The molecule has 0 spiro atoms. The van der Waals surface area contributed by atoms with Gasteiger partial charge in [-0.1, -0.05) is 0 Å². The zero-order valence-corrected chi connectivity index (χ0v) is 7.06. The van der Waals surface area contributed by atoms with Crippen LogP contribution < -0.4 is 10.5 Å². The quantitative estimate of drug-likeness (QED) is 0.666. The molecule has 0 amide bonds. The van der Waals surface area contributed by atoms with Gasteiger partial charge in [0.25, 0.3) is 5.88 Å². The molecule has 0 saturated heterocycles. The number of aromatic nitrogens is 1. The Morgan fingerprint density at radius 3 is 3.08 bits per heavy atom. The molecule has 0 fully saturated rings. The lowest BCUT2D eigenvalue weighted by Crippen LogP contribution is -2.32. The summed E-state index contributed by atoms with van der Waals surface area (Å²) in [7, 11) is 1.44. The highest BCUT2D eigenvalue weighted by molar-refractivity contribution is 5.73. The van der Waals surface area contributed by atoms with E-state index in [-0.39, 0.29) is 6.42 Å². The molecule has 3 N–H and O–H groups in total. The summed E-state index contributed by atoms with van der Waals surface area (Å²) in [4.78, 5) is 10.4. The normalized spacial score (nSPS) is 12.5. The number of nitrogens with two attached hydrogens (primary N) is 1. The molecule has 0 aromatic carbocycles. The topological polar surface area (TPSA) is 98.6 Å². The Kier molecular flexibility index (Phi) is 2.86. The number of aliphatic carboxylic acids is 1. The van der Waals surface area contributed by atoms with Crippen LogP contribution in [0.25, 0.3) is 0 Å². The number of methoxy groups -OCH3 is 1. The van der Waals surface area contributed by atoms with E-state index in [0.29, 0.717) is 11.6 Å². The Labute approximate surface area is 74.3 Å². The van der Waals surface area contributed by atoms with Crippen molar-refractivity contribution in [2.24, 2.45) is 5.73 Å². The van der Waals surface area contributed by atoms with Crippen LogP contribution in [0, 0.1) is 0 Å². The maximum absolute atomic E-state index is 10.4. The zero-order valence-electron chi connectivity index (χ0n) is 7.06. The van der Waals surface area contributed by atoms with Crippen LogP contribution in [0.15, 0.2) is 10.6 Å². The number of carbonyl (C=O) groups is 1. The Morgan fingerprint density at radius 1 is 1.92 bits per heavy atom. The minimum Gasteiger partial charge on any atom is -0.480 e. The maximum Gasteiger partial charge on any atom is 0.320 e. The summed E-state index contributed by atoms with van der Waals surface area (Å²) in [5.74, 6) is -0.366. The fourth-order valence-corrected chi connectivity index (χ4v) is 0.790. The second-order valence-corrected chi connectivity index (χ2v) is 2.48. The van der Waals surface area contributed by atoms with Crippen LogP contribution in [0.5, 0.6) is 5.88 Å². The Morgan fingerprint density at radius 2 is 2.62 bits per heavy atom. The summed E-state index contributed by atoms with van der Waals surface area (Å²) in [5, 5.41) is 12.0. The summed E-state index contributed by atoms with van der Waals surface area (Å²) >= 11 is 0. The SMILES string of the molecule is COc1cc(CC(N)C(=O)O)on1. The van der Waals surface area contributed by atoms with Gasteiger partial charge in [0.2, 0.25) is 0 Å². The highest BCUT2D eigenvalue weighted by Gasteiger charge is 2.15. The van der Waals surface area contributed by atoms with Gasteiger partial charge >= 0.3 is 5.97 Å². The van der Waals surface area contributed by atoms with E-state index in [4.69, 9.17) is 20.1 Å². The molecule has 0 saturated carbocycles. The van der Waals surface area contributed by atoms with Gasteiger partial charge in [-0.05, 0) is 5.16 Å². The van der Waals surface area contributed by atoms with Crippen molar-refractivity contribution in [3.8, 4) is 5.88 Å². The molecular weight excluding hydrogens is 176 g/mol. The van der Waals surface area contributed by atoms with Crippen molar-refractivity contribution >= 4 is 5.97 Å². The van der Waals surface area contributed by atoms with Crippen molar-refractivity contribution in [2.45, 2.75) is 12.5 Å². The Balaban J connectivity index is 2.58. The first-order valence-corrected chi connectivity index (χ1v) is 3.61. The molecule has 0 aliphatic carbocycles. The zero-order chi connectivity index (χ0) is 9.84. The first-order chi connectivity index (χ1) is 6.13. The number of hydrogen-bond acceptors (Lipinski definition) is 5. The third-order valence-corrected chi connectivity index (χ3v) is 1.48. The monoisotopic (exact) mass is 186 g/mol. The molecule has 1 rings (SSSR count). The minimum absolute atomic E-state index is 0.103. The lowest BCUT2D eigenvalue weighted by molar-refractivity contribution is -0.138. The average Bonchev–Trinajstić information content (AvgIpc) is 2.52. The van der Waals surface area contributed by atoms with Gasteiger partial charge in [0.05, 0.1) is 7.11 Å². The molecule has 1 unspecified atom stereocenters. The summed E-state index contributed by atoms with van der Waals surface area (Å²) in [6.07, 6.45) is 0.103. The molecule has 6 nitrogen and oxygen atoms in total. The second-order valence-electron chi connectivity index (χ2n) is 2.48. The standard InChI is InChI=1S/C7H10N2O4/c1-12-6-3-4(13-9-6)2-5(8)7(10)11/h3,5H,2,8H2,1H3,(H,10,11). The maximum atomic E-state index is 10.4. The second kappa shape index (κ2) is 3.90. The molecule has 0 radical (unpaired) electrons. The molecule has 13 heavy (non-hydrogen) atoms. The number of hydrogen-bond donors (Lipinski definition) is 2. The molecule has 0 bridgehead atoms. The van der Waals surface area contributed by atoms with E-state index in [2.05, 4.69) is 5.16 Å². The third kappa shape index (κ3) is 2.45. The van der Waals surface area contributed by atoms with Crippen LogP contribution in [0.3, 0.4) is 0 Å². The number of rotatable bonds is 4. The smallest absolute Gasteiger partial charge is 0.320 e. The van der Waals surface area contributed by atoms with Crippen molar-refractivity contribution in [3.63, 3.8) is 0 Å². The van der Waals surface area contributed by atoms with Gasteiger partial charge in [0.1, 0.15) is 11.8 Å². The van der Waals surface area contributed by atoms with Crippen molar-refractivity contribution < 1.29 is 19.2 Å². The number of ether oxygens (including phenoxy) is 1. The fraction of sp³-hybridized carbons (Fsp3) is 0.429. The molecular formula is C7H10N2O4. The van der Waals surface area contributed by atoms with Crippen LogP contribution in [0.4, 0.5) is 0 Å². The van der Waals surface area contributed by atoms with Gasteiger partial charge < -0.3 is 20.1 Å². The van der Waals surface area contributed by atoms with Gasteiger partial charge in [-0.25, -0.2) is 0 Å². The Hall–Kier alpha value is -1.56. The van der Waals surface area contributed by atoms with E-state index < -0.39 is 12.0 Å². The Bertz CT molecular complexity index is 296. The van der Waals surface area contributed by atoms with Crippen molar-refractivity contribution in [3.05, 3.63) is 11.8 Å². The lowest BCUT2D eigenvalue weighted by Gasteiger charge is -2.00. The molecule has 1 heterocycles. The molecule has 0 aliphatic heterocycles. The average molecular weight is 186 g/mol. The predicted molar refractivity (Wildman–Crippen MR) is 42.4 cm³/mol. The predicted octanol–water partition coefficient (Wildman–Crippen LogP) is -0.362. The van der Waals surface area contributed by atoms with E-state index in [0.717, 1.165) is 0 Å². The van der Waals surface area contributed by atoms with Crippen LogP contribution >= 0.6 is 0 Å². The van der Waals surface area contributed by atoms with Crippen LogP contribution in [0.2, 0.25) is 0 Å². The van der Waals surface area contributed by atoms with Gasteiger partial charge in [-0.3, -0.25) is 4.79 Å². The molecule has 1 aromatic heterocycles. The van der Waals surface area contributed by atoms with Gasteiger partial charge in [-0.15, -0.1) is 0 Å². The summed E-state index contributed by atoms with van der Waals surface area (Å²) in [6.45, 7) is 0. The van der Waals surface area contributed by atoms with E-state index in [1.54, 1.807) is 0 Å². The van der Waals surface area contributed by atoms with Crippen LogP contribution in [-0.2, 0) is 11.2 Å². The minimum atomic E-state index is -1.07. The van der Waals surface area contributed by atoms with E-state index in [9.17, 15) is 4.79 Å². The number of carboxylic acids is 1. The summed E-state index contributed by atoms with van der Waals surface area (Å²) in [6, 6.07) is 0.528. The van der Waals surface area contributed by atoms with Gasteiger partial charge in [0.15, 0.2) is 0 Å². The number of carboxylic acid groups (broad SMARTS) is 1. The van der Waals surface area contributed by atoms with Crippen LogP contribution in [-0.4, -0.2) is 29.4 Å². The first-order valence-electron chi connectivity index (χ1n) is 3.61. The van der Waals surface area contributed by atoms with Crippen molar-refractivity contribution in [1.82, 2.24) is 5.16 Å². The fourth-order valence-electron chi connectivity index (χ4n) is 0.790. The van der Waals surface area contributed by atoms with Crippen LogP contribution in [0.1, 0.15) is 5.76 Å². The largest absolute Gasteiger partial charge is 0.480 e. The molecule has 1 aromatic rings. The van der Waals surface area contributed by atoms with Crippen molar-refractivity contribution in [1.29, 1.82) is 0 Å². The highest BCUT2D eigenvalue weighted by Crippen LogP contribution is 2.11. The van der Waals surface area contributed by atoms with E-state index in [1.165, 1.54) is 13.2 Å². The highest BCUT2D eigenvalue weighted by atomic mass is 16.5. The van der Waals surface area contributed by atoms with Gasteiger partial charge in [-0.2, -0.15) is 0 Å².